The number of aromatic hydroxyl groups is 1. The Hall–Kier alpha value is -1.09. The molecule has 2 nitrogen and oxygen atoms in total. The summed E-state index contributed by atoms with van der Waals surface area (Å²) in [6.45, 7) is 4.01. The van der Waals surface area contributed by atoms with E-state index in [1.165, 1.54) is 18.9 Å². The monoisotopic (exact) mass is 223 g/mol. The van der Waals surface area contributed by atoms with Crippen LogP contribution in [0.25, 0.3) is 0 Å². The van der Waals surface area contributed by atoms with Crippen molar-refractivity contribution in [3.63, 3.8) is 0 Å². The Morgan fingerprint density at radius 3 is 2.94 bits per heavy atom. The summed E-state index contributed by atoms with van der Waals surface area (Å²) in [5.74, 6) is -0.343. The normalized spacial score (nSPS) is 21.5. The van der Waals surface area contributed by atoms with Crippen LogP contribution in [0.1, 0.15) is 31.7 Å². The fourth-order valence-corrected chi connectivity index (χ4v) is 2.52. The van der Waals surface area contributed by atoms with Gasteiger partial charge in [0.2, 0.25) is 0 Å². The maximum atomic E-state index is 13.1. The van der Waals surface area contributed by atoms with E-state index in [0.29, 0.717) is 6.04 Å². The molecule has 1 atom stereocenters. The van der Waals surface area contributed by atoms with Gasteiger partial charge in [0.25, 0.3) is 0 Å². The molecule has 1 saturated heterocycles. The Morgan fingerprint density at radius 1 is 1.44 bits per heavy atom. The minimum absolute atomic E-state index is 0.0160. The van der Waals surface area contributed by atoms with Crippen LogP contribution >= 0.6 is 0 Å². The van der Waals surface area contributed by atoms with Gasteiger partial charge in [0.15, 0.2) is 0 Å². The molecule has 0 saturated carbocycles. The van der Waals surface area contributed by atoms with Gasteiger partial charge < -0.3 is 5.11 Å². The molecule has 1 fully saturated rings. The number of hydrogen-bond acceptors (Lipinski definition) is 2. The first-order valence-corrected chi connectivity index (χ1v) is 5.91. The average Bonchev–Trinajstić information content (AvgIpc) is 2.63. The Labute approximate surface area is 95.7 Å². The zero-order valence-electron chi connectivity index (χ0n) is 9.62. The summed E-state index contributed by atoms with van der Waals surface area (Å²) < 4.78 is 13.1. The van der Waals surface area contributed by atoms with E-state index in [0.717, 1.165) is 31.1 Å². The van der Waals surface area contributed by atoms with Gasteiger partial charge in [-0.05, 0) is 43.5 Å². The highest BCUT2D eigenvalue weighted by Crippen LogP contribution is 2.23. The van der Waals surface area contributed by atoms with Gasteiger partial charge in [0.1, 0.15) is 11.6 Å². The topological polar surface area (TPSA) is 23.5 Å². The number of halogens is 1. The van der Waals surface area contributed by atoms with E-state index in [-0.39, 0.29) is 11.6 Å². The highest BCUT2D eigenvalue weighted by atomic mass is 19.1. The third kappa shape index (κ3) is 2.53. The van der Waals surface area contributed by atoms with Crippen LogP contribution in [0.15, 0.2) is 18.2 Å². The number of hydrogen-bond donors (Lipinski definition) is 1. The highest BCUT2D eigenvalue weighted by Gasteiger charge is 2.22. The summed E-state index contributed by atoms with van der Waals surface area (Å²) in [6, 6.07) is 4.91. The molecule has 1 heterocycles. The van der Waals surface area contributed by atoms with E-state index >= 15 is 0 Å². The highest BCUT2D eigenvalue weighted by molar-refractivity contribution is 5.28. The Kier molecular flexibility index (Phi) is 3.44. The quantitative estimate of drug-likeness (QED) is 0.851. The average molecular weight is 223 g/mol. The van der Waals surface area contributed by atoms with Crippen LogP contribution in [0.3, 0.4) is 0 Å². The van der Waals surface area contributed by atoms with E-state index in [2.05, 4.69) is 11.8 Å². The number of likely N-dealkylation sites (tertiary alicyclic amines) is 1. The summed E-state index contributed by atoms with van der Waals surface area (Å²) >= 11 is 0. The number of rotatable bonds is 3. The van der Waals surface area contributed by atoms with Gasteiger partial charge >= 0.3 is 0 Å². The zero-order chi connectivity index (χ0) is 11.5. The molecule has 3 heteroatoms. The van der Waals surface area contributed by atoms with Crippen molar-refractivity contribution in [2.75, 3.05) is 6.54 Å². The van der Waals surface area contributed by atoms with Crippen LogP contribution in [0.4, 0.5) is 4.39 Å². The van der Waals surface area contributed by atoms with E-state index in [4.69, 9.17) is 0 Å². The molecule has 16 heavy (non-hydrogen) atoms. The summed E-state index contributed by atoms with van der Waals surface area (Å²) in [6.07, 6.45) is 3.60. The summed E-state index contributed by atoms with van der Waals surface area (Å²) in [7, 11) is 0. The van der Waals surface area contributed by atoms with Gasteiger partial charge in [-0.15, -0.1) is 0 Å². The maximum absolute atomic E-state index is 13.1. The van der Waals surface area contributed by atoms with Crippen molar-refractivity contribution in [2.45, 2.75) is 38.8 Å². The van der Waals surface area contributed by atoms with Crippen LogP contribution in [-0.2, 0) is 6.54 Å². The molecule has 0 spiro atoms. The molecule has 1 aromatic rings. The lowest BCUT2D eigenvalue weighted by atomic mass is 10.1. The van der Waals surface area contributed by atoms with Gasteiger partial charge in [-0.2, -0.15) is 0 Å². The van der Waals surface area contributed by atoms with Gasteiger partial charge in [0.05, 0.1) is 0 Å². The maximum Gasteiger partial charge on any atom is 0.127 e. The second-order valence-corrected chi connectivity index (χ2v) is 4.49. The molecule has 0 aliphatic carbocycles. The van der Waals surface area contributed by atoms with Gasteiger partial charge in [-0.3, -0.25) is 4.90 Å². The van der Waals surface area contributed by atoms with Crippen LogP contribution in [0, 0.1) is 5.82 Å². The van der Waals surface area contributed by atoms with Crippen molar-refractivity contribution in [1.82, 2.24) is 4.90 Å². The molecule has 0 amide bonds. The van der Waals surface area contributed by atoms with E-state index < -0.39 is 0 Å². The van der Waals surface area contributed by atoms with Gasteiger partial charge in [-0.1, -0.05) is 6.92 Å². The predicted octanol–water partition coefficient (Wildman–Crippen LogP) is 2.91. The van der Waals surface area contributed by atoms with E-state index in [1.807, 2.05) is 0 Å². The fraction of sp³-hybridized carbons (Fsp3) is 0.538. The third-order valence-electron chi connectivity index (χ3n) is 3.30. The molecular weight excluding hydrogens is 205 g/mol. The molecule has 88 valence electrons. The largest absolute Gasteiger partial charge is 0.508 e. The van der Waals surface area contributed by atoms with E-state index in [1.54, 1.807) is 6.07 Å². The standard InChI is InChI=1S/C13H18FNO/c1-2-12-4-3-5-15(12)9-10-6-11(14)8-13(16)7-10/h6-8,12,16H,2-5,9H2,1H3. The fourth-order valence-electron chi connectivity index (χ4n) is 2.52. The molecule has 1 aromatic carbocycles. The Bertz CT molecular complexity index is 347. The number of nitrogens with zero attached hydrogens (tertiary/aromatic N) is 1. The molecule has 1 aliphatic heterocycles. The predicted molar refractivity (Wildman–Crippen MR) is 61.8 cm³/mol. The van der Waals surface area contributed by atoms with Crippen molar-refractivity contribution in [3.05, 3.63) is 29.6 Å². The zero-order valence-corrected chi connectivity index (χ0v) is 9.62. The van der Waals surface area contributed by atoms with Crippen LogP contribution in [0.5, 0.6) is 5.75 Å². The third-order valence-corrected chi connectivity index (χ3v) is 3.30. The molecule has 0 radical (unpaired) electrons. The van der Waals surface area contributed by atoms with Crippen LogP contribution in [0.2, 0.25) is 0 Å². The molecule has 2 rings (SSSR count). The molecule has 1 aliphatic rings. The van der Waals surface area contributed by atoms with Crippen LogP contribution in [-0.4, -0.2) is 22.6 Å². The molecule has 0 bridgehead atoms. The molecule has 1 unspecified atom stereocenters. The van der Waals surface area contributed by atoms with Gasteiger partial charge in [0, 0.05) is 18.7 Å². The first kappa shape index (κ1) is 11.4. The van der Waals surface area contributed by atoms with E-state index in [9.17, 15) is 9.50 Å². The first-order chi connectivity index (χ1) is 7.69. The minimum Gasteiger partial charge on any atom is -0.508 e. The lowest BCUT2D eigenvalue weighted by Crippen LogP contribution is -2.28. The second-order valence-electron chi connectivity index (χ2n) is 4.49. The Morgan fingerprint density at radius 2 is 2.25 bits per heavy atom. The number of benzene rings is 1. The van der Waals surface area contributed by atoms with Gasteiger partial charge in [-0.25, -0.2) is 4.39 Å². The summed E-state index contributed by atoms with van der Waals surface area (Å²) in [5, 5.41) is 9.33. The van der Waals surface area contributed by atoms with Crippen molar-refractivity contribution in [2.24, 2.45) is 0 Å². The molecule has 1 N–H and O–H groups in total. The number of phenolic OH excluding ortho intramolecular Hbond substituents is 1. The smallest absolute Gasteiger partial charge is 0.127 e. The first-order valence-electron chi connectivity index (χ1n) is 5.91. The minimum atomic E-state index is -0.359. The number of phenols is 1. The summed E-state index contributed by atoms with van der Waals surface area (Å²) in [5.41, 5.74) is 0.859. The Balaban J connectivity index is 2.08. The van der Waals surface area contributed by atoms with Crippen LogP contribution < -0.4 is 0 Å². The molecule has 0 aromatic heterocycles. The van der Waals surface area contributed by atoms with Crippen molar-refractivity contribution >= 4 is 0 Å². The lowest BCUT2D eigenvalue weighted by molar-refractivity contribution is 0.239. The SMILES string of the molecule is CCC1CCCN1Cc1cc(O)cc(F)c1. The summed E-state index contributed by atoms with van der Waals surface area (Å²) in [4.78, 5) is 2.37. The van der Waals surface area contributed by atoms with Crippen molar-refractivity contribution in [1.29, 1.82) is 0 Å². The molecular formula is C13H18FNO. The van der Waals surface area contributed by atoms with Crippen molar-refractivity contribution in [3.8, 4) is 5.75 Å². The van der Waals surface area contributed by atoms with Crippen molar-refractivity contribution < 1.29 is 9.50 Å². The second kappa shape index (κ2) is 4.83. The lowest BCUT2D eigenvalue weighted by Gasteiger charge is -2.23.